The standard InChI is InChI=1S/C14H13NO4S/c1-10-7-8-11(19-10)9-13(14(15)16)20(17,18)12-5-3-2-4-6-12/h2-9H,1H3,(H2,15,16)/b13-9-. The summed E-state index contributed by atoms with van der Waals surface area (Å²) in [5.41, 5.74) is 5.19. The van der Waals surface area contributed by atoms with Gasteiger partial charge in [0.25, 0.3) is 5.91 Å². The normalized spacial score (nSPS) is 12.3. The Morgan fingerprint density at radius 1 is 1.15 bits per heavy atom. The van der Waals surface area contributed by atoms with Crippen LogP contribution in [-0.2, 0) is 14.6 Å². The summed E-state index contributed by atoms with van der Waals surface area (Å²) >= 11 is 0. The minimum absolute atomic E-state index is 0.00771. The third-order valence-corrected chi connectivity index (χ3v) is 4.41. The van der Waals surface area contributed by atoms with Crippen LogP contribution in [0.15, 0.2) is 56.7 Å². The second kappa shape index (κ2) is 5.34. The van der Waals surface area contributed by atoms with Gasteiger partial charge < -0.3 is 10.2 Å². The summed E-state index contributed by atoms with van der Waals surface area (Å²) in [5.74, 6) is -0.157. The monoisotopic (exact) mass is 291 g/mol. The van der Waals surface area contributed by atoms with E-state index in [2.05, 4.69) is 0 Å². The van der Waals surface area contributed by atoms with Gasteiger partial charge in [-0.1, -0.05) is 18.2 Å². The molecule has 2 N–H and O–H groups in total. The van der Waals surface area contributed by atoms with Crippen LogP contribution < -0.4 is 5.73 Å². The Morgan fingerprint density at radius 3 is 2.30 bits per heavy atom. The Balaban J connectivity index is 2.55. The number of hydrogen-bond donors (Lipinski definition) is 1. The van der Waals surface area contributed by atoms with Crippen LogP contribution in [0.1, 0.15) is 11.5 Å². The van der Waals surface area contributed by atoms with Crippen LogP contribution in [-0.4, -0.2) is 14.3 Å². The maximum atomic E-state index is 12.4. The zero-order valence-corrected chi connectivity index (χ0v) is 11.6. The van der Waals surface area contributed by atoms with Gasteiger partial charge in [0, 0.05) is 6.08 Å². The highest BCUT2D eigenvalue weighted by Crippen LogP contribution is 2.21. The van der Waals surface area contributed by atoms with E-state index in [0.29, 0.717) is 5.76 Å². The van der Waals surface area contributed by atoms with Crippen molar-refractivity contribution >= 4 is 21.8 Å². The van der Waals surface area contributed by atoms with Crippen molar-refractivity contribution in [3.63, 3.8) is 0 Å². The first-order chi connectivity index (χ1) is 9.41. The number of furan rings is 1. The summed E-state index contributed by atoms with van der Waals surface area (Å²) in [6.45, 7) is 1.72. The number of aryl methyl sites for hydroxylation is 1. The summed E-state index contributed by atoms with van der Waals surface area (Å²) in [5, 5.41) is 0. The van der Waals surface area contributed by atoms with E-state index >= 15 is 0 Å². The molecule has 0 atom stereocenters. The number of nitrogens with two attached hydrogens (primary N) is 1. The van der Waals surface area contributed by atoms with Crippen LogP contribution in [0.5, 0.6) is 0 Å². The number of amides is 1. The Kier molecular flexibility index (Phi) is 3.76. The van der Waals surface area contributed by atoms with Crippen molar-refractivity contribution in [1.29, 1.82) is 0 Å². The average Bonchev–Trinajstić information content (AvgIpc) is 2.82. The van der Waals surface area contributed by atoms with E-state index in [-0.39, 0.29) is 10.7 Å². The summed E-state index contributed by atoms with van der Waals surface area (Å²) < 4.78 is 30.0. The summed E-state index contributed by atoms with van der Waals surface area (Å²) in [6.07, 6.45) is 1.14. The Morgan fingerprint density at radius 2 is 1.80 bits per heavy atom. The number of sulfone groups is 1. The summed E-state index contributed by atoms with van der Waals surface area (Å²) in [4.78, 5) is 11.0. The van der Waals surface area contributed by atoms with Gasteiger partial charge in [-0.3, -0.25) is 4.79 Å². The van der Waals surface area contributed by atoms with Crippen LogP contribution in [0.4, 0.5) is 0 Å². The van der Waals surface area contributed by atoms with Crippen molar-refractivity contribution in [1.82, 2.24) is 0 Å². The van der Waals surface area contributed by atoms with Gasteiger partial charge in [-0.05, 0) is 31.2 Å². The van der Waals surface area contributed by atoms with E-state index in [1.165, 1.54) is 12.1 Å². The fourth-order valence-corrected chi connectivity index (χ4v) is 2.97. The van der Waals surface area contributed by atoms with Gasteiger partial charge in [-0.15, -0.1) is 0 Å². The third kappa shape index (κ3) is 2.80. The first-order valence-corrected chi connectivity index (χ1v) is 7.27. The molecular formula is C14H13NO4S. The number of hydrogen-bond acceptors (Lipinski definition) is 4. The van der Waals surface area contributed by atoms with E-state index in [0.717, 1.165) is 6.08 Å². The Bertz CT molecular complexity index is 757. The molecule has 6 heteroatoms. The third-order valence-electron chi connectivity index (χ3n) is 2.62. The minimum Gasteiger partial charge on any atom is -0.462 e. The second-order valence-corrected chi connectivity index (χ2v) is 6.06. The predicted molar refractivity (Wildman–Crippen MR) is 74.2 cm³/mol. The number of carbonyl (C=O) groups excluding carboxylic acids is 1. The molecule has 0 saturated heterocycles. The SMILES string of the molecule is Cc1ccc(/C=C(/C(N)=O)S(=O)(=O)c2ccccc2)o1. The van der Waals surface area contributed by atoms with Crippen molar-refractivity contribution in [3.05, 3.63) is 58.9 Å². The number of rotatable bonds is 4. The fourth-order valence-electron chi connectivity index (χ4n) is 1.67. The maximum Gasteiger partial charge on any atom is 0.260 e. The van der Waals surface area contributed by atoms with Crippen LogP contribution in [0.2, 0.25) is 0 Å². The van der Waals surface area contributed by atoms with Crippen molar-refractivity contribution in [2.45, 2.75) is 11.8 Å². The molecule has 1 aromatic carbocycles. The van der Waals surface area contributed by atoms with Crippen molar-refractivity contribution < 1.29 is 17.6 Å². The van der Waals surface area contributed by atoms with E-state index in [1.54, 1.807) is 37.3 Å². The molecule has 2 aromatic rings. The van der Waals surface area contributed by atoms with Gasteiger partial charge >= 0.3 is 0 Å². The predicted octanol–water partition coefficient (Wildman–Crippen LogP) is 1.89. The lowest BCUT2D eigenvalue weighted by Gasteiger charge is -2.05. The highest BCUT2D eigenvalue weighted by atomic mass is 32.2. The molecule has 1 amide bonds. The van der Waals surface area contributed by atoms with Crippen LogP contribution in [0, 0.1) is 6.92 Å². The number of primary amides is 1. The van der Waals surface area contributed by atoms with Crippen LogP contribution in [0.25, 0.3) is 6.08 Å². The maximum absolute atomic E-state index is 12.4. The molecule has 0 fully saturated rings. The first-order valence-electron chi connectivity index (χ1n) is 5.79. The van der Waals surface area contributed by atoms with Gasteiger partial charge in [-0.2, -0.15) is 0 Å². The quantitative estimate of drug-likeness (QED) is 0.871. The van der Waals surface area contributed by atoms with Crippen molar-refractivity contribution in [3.8, 4) is 0 Å². The summed E-state index contributed by atoms with van der Waals surface area (Å²) in [6, 6.07) is 10.9. The Hall–Kier alpha value is -2.34. The second-order valence-electron chi connectivity index (χ2n) is 4.14. The topological polar surface area (TPSA) is 90.4 Å². The van der Waals surface area contributed by atoms with Crippen molar-refractivity contribution in [2.75, 3.05) is 0 Å². The van der Waals surface area contributed by atoms with Crippen LogP contribution >= 0.6 is 0 Å². The van der Waals surface area contributed by atoms with E-state index in [1.807, 2.05) is 0 Å². The molecule has 0 unspecified atom stereocenters. The molecule has 1 heterocycles. The van der Waals surface area contributed by atoms with Crippen molar-refractivity contribution in [2.24, 2.45) is 5.73 Å². The molecule has 0 aliphatic carbocycles. The van der Waals surface area contributed by atoms with E-state index in [4.69, 9.17) is 10.2 Å². The number of carbonyl (C=O) groups is 1. The number of benzene rings is 1. The van der Waals surface area contributed by atoms with Gasteiger partial charge in [0.15, 0.2) is 0 Å². The molecule has 5 nitrogen and oxygen atoms in total. The molecule has 0 radical (unpaired) electrons. The van der Waals surface area contributed by atoms with Gasteiger partial charge in [0.2, 0.25) is 9.84 Å². The Labute approximate surface area is 116 Å². The zero-order chi connectivity index (χ0) is 14.8. The molecular weight excluding hydrogens is 278 g/mol. The van der Waals surface area contributed by atoms with E-state index < -0.39 is 20.6 Å². The highest BCUT2D eigenvalue weighted by Gasteiger charge is 2.25. The first kappa shape index (κ1) is 14.1. The fraction of sp³-hybridized carbons (Fsp3) is 0.0714. The molecule has 2 rings (SSSR count). The highest BCUT2D eigenvalue weighted by molar-refractivity contribution is 7.96. The molecule has 0 bridgehead atoms. The molecule has 0 aliphatic rings. The molecule has 0 aliphatic heterocycles. The lowest BCUT2D eigenvalue weighted by molar-refractivity contribution is -0.113. The lowest BCUT2D eigenvalue weighted by Crippen LogP contribution is -2.21. The van der Waals surface area contributed by atoms with Crippen LogP contribution in [0.3, 0.4) is 0 Å². The molecule has 1 aromatic heterocycles. The molecule has 104 valence electrons. The van der Waals surface area contributed by atoms with E-state index in [9.17, 15) is 13.2 Å². The lowest BCUT2D eigenvalue weighted by atomic mass is 10.4. The molecule has 0 spiro atoms. The minimum atomic E-state index is -3.96. The largest absolute Gasteiger partial charge is 0.462 e. The van der Waals surface area contributed by atoms with Gasteiger partial charge in [-0.25, -0.2) is 8.42 Å². The molecule has 0 saturated carbocycles. The summed E-state index contributed by atoms with van der Waals surface area (Å²) in [7, 11) is -3.96. The molecule has 20 heavy (non-hydrogen) atoms. The van der Waals surface area contributed by atoms with Gasteiger partial charge in [0.05, 0.1) is 4.90 Å². The smallest absolute Gasteiger partial charge is 0.260 e. The van der Waals surface area contributed by atoms with Gasteiger partial charge in [0.1, 0.15) is 16.4 Å². The zero-order valence-electron chi connectivity index (χ0n) is 10.7. The average molecular weight is 291 g/mol.